The maximum atomic E-state index is 12.5. The van der Waals surface area contributed by atoms with E-state index in [4.69, 9.17) is 14.2 Å². The van der Waals surface area contributed by atoms with Gasteiger partial charge in [-0.15, -0.1) is 11.3 Å². The highest BCUT2D eigenvalue weighted by molar-refractivity contribution is 7.12. The lowest BCUT2D eigenvalue weighted by molar-refractivity contribution is -0.0112. The van der Waals surface area contributed by atoms with Crippen molar-refractivity contribution in [1.29, 1.82) is 0 Å². The van der Waals surface area contributed by atoms with Crippen molar-refractivity contribution in [3.05, 3.63) is 76.0 Å². The Balaban J connectivity index is 1.76. The number of methoxy groups -OCH3 is 2. The smallest absolute Gasteiger partial charge is 0.353 e. The van der Waals surface area contributed by atoms with Crippen LogP contribution in [0.1, 0.15) is 42.4 Å². The zero-order chi connectivity index (χ0) is 26.8. The van der Waals surface area contributed by atoms with Crippen LogP contribution in [0.15, 0.2) is 65.6 Å². The first-order valence-electron chi connectivity index (χ1n) is 12.0. The molecule has 2 unspecified atom stereocenters. The topological polar surface area (TPSA) is 97.3 Å². The fourth-order valence-corrected chi connectivity index (χ4v) is 5.61. The van der Waals surface area contributed by atoms with Gasteiger partial charge in [-0.1, -0.05) is 32.0 Å². The van der Waals surface area contributed by atoms with Gasteiger partial charge in [0.15, 0.2) is 0 Å². The highest BCUT2D eigenvalue weighted by Gasteiger charge is 2.47. The molecule has 7 nitrogen and oxygen atoms in total. The number of aliphatic hydroxyl groups excluding tert-OH is 1. The molecule has 1 aliphatic rings. The van der Waals surface area contributed by atoms with Gasteiger partial charge in [-0.2, -0.15) is 0 Å². The first-order valence-corrected chi connectivity index (χ1v) is 12.9. The molecule has 1 aromatic heterocycles. The fourth-order valence-electron chi connectivity index (χ4n) is 5.02. The minimum Gasteiger partial charge on any atom is -0.496 e. The molecule has 1 aliphatic carbocycles. The molecule has 2 aromatic carbocycles. The second kappa shape index (κ2) is 10.6. The number of thiophene rings is 1. The number of anilines is 1. The Morgan fingerprint density at radius 1 is 1.05 bits per heavy atom. The molecular formula is C29H33NO6S. The summed E-state index contributed by atoms with van der Waals surface area (Å²) < 4.78 is 16.7. The molecule has 0 saturated carbocycles. The molecular weight excluding hydrogens is 490 g/mol. The largest absolute Gasteiger partial charge is 0.496 e. The molecule has 0 aliphatic heterocycles. The highest BCUT2D eigenvalue weighted by Crippen LogP contribution is 2.50. The Morgan fingerprint density at radius 2 is 1.78 bits per heavy atom. The molecule has 0 amide bonds. The monoisotopic (exact) mass is 523 g/mol. The van der Waals surface area contributed by atoms with Gasteiger partial charge in [-0.05, 0) is 65.6 Å². The number of ether oxygens (including phenoxy) is 3. The van der Waals surface area contributed by atoms with E-state index >= 15 is 0 Å². The minimum atomic E-state index is -1.21. The SMILES string of the molecule is COc1ccccc1NCC1=C(c2ccc(OC(=O)c3cccs3)cc2OC)C(O)C(C)(C)CC1(C)O. The highest BCUT2D eigenvalue weighted by atomic mass is 32.1. The molecule has 3 N–H and O–H groups in total. The quantitative estimate of drug-likeness (QED) is 0.269. The van der Waals surface area contributed by atoms with Crippen LogP contribution in [0.3, 0.4) is 0 Å². The van der Waals surface area contributed by atoms with E-state index in [0.29, 0.717) is 45.3 Å². The van der Waals surface area contributed by atoms with Crippen LogP contribution in [0, 0.1) is 5.41 Å². The Kier molecular flexibility index (Phi) is 7.64. The number of nitrogens with one attached hydrogen (secondary N) is 1. The van der Waals surface area contributed by atoms with Crippen LogP contribution >= 0.6 is 11.3 Å². The first kappa shape index (κ1) is 26.7. The van der Waals surface area contributed by atoms with Gasteiger partial charge in [0.1, 0.15) is 22.1 Å². The van der Waals surface area contributed by atoms with E-state index in [0.717, 1.165) is 5.69 Å². The summed E-state index contributed by atoms with van der Waals surface area (Å²) in [6, 6.07) is 16.1. The van der Waals surface area contributed by atoms with Crippen LogP contribution in [-0.2, 0) is 0 Å². The van der Waals surface area contributed by atoms with Crippen molar-refractivity contribution in [2.24, 2.45) is 5.41 Å². The lowest BCUT2D eigenvalue weighted by atomic mass is 9.64. The molecule has 37 heavy (non-hydrogen) atoms. The average Bonchev–Trinajstić information content (AvgIpc) is 3.40. The number of carbonyl (C=O) groups is 1. The van der Waals surface area contributed by atoms with E-state index in [1.807, 2.05) is 43.5 Å². The summed E-state index contributed by atoms with van der Waals surface area (Å²) in [5.74, 6) is 0.974. The van der Waals surface area contributed by atoms with Crippen molar-refractivity contribution in [3.8, 4) is 17.2 Å². The van der Waals surface area contributed by atoms with Crippen LogP contribution in [-0.4, -0.2) is 48.7 Å². The van der Waals surface area contributed by atoms with Crippen molar-refractivity contribution in [3.63, 3.8) is 0 Å². The number of carbonyl (C=O) groups excluding carboxylic acids is 1. The molecule has 8 heteroatoms. The van der Waals surface area contributed by atoms with Gasteiger partial charge in [0.2, 0.25) is 0 Å². The number of para-hydroxylation sites is 2. The Labute approximate surface area is 221 Å². The van der Waals surface area contributed by atoms with Crippen LogP contribution < -0.4 is 19.5 Å². The van der Waals surface area contributed by atoms with Crippen LogP contribution in [0.4, 0.5) is 5.69 Å². The van der Waals surface area contributed by atoms with E-state index < -0.39 is 23.1 Å². The van der Waals surface area contributed by atoms with E-state index in [-0.39, 0.29) is 6.54 Å². The predicted molar refractivity (Wildman–Crippen MR) is 146 cm³/mol. The van der Waals surface area contributed by atoms with Gasteiger partial charge in [0.25, 0.3) is 0 Å². The summed E-state index contributed by atoms with van der Waals surface area (Å²) in [6.07, 6.45) is -0.512. The molecule has 2 atom stereocenters. The second-order valence-electron chi connectivity index (χ2n) is 10.0. The first-order chi connectivity index (χ1) is 17.6. The third-order valence-electron chi connectivity index (χ3n) is 6.75. The molecule has 0 fully saturated rings. The van der Waals surface area contributed by atoms with Crippen molar-refractivity contribution in [1.82, 2.24) is 0 Å². The molecule has 196 valence electrons. The molecule has 4 rings (SSSR count). The lowest BCUT2D eigenvalue weighted by Gasteiger charge is -2.46. The molecule has 0 saturated heterocycles. The van der Waals surface area contributed by atoms with E-state index in [2.05, 4.69) is 5.32 Å². The van der Waals surface area contributed by atoms with Crippen molar-refractivity contribution < 1.29 is 29.2 Å². The number of rotatable bonds is 8. The van der Waals surface area contributed by atoms with Gasteiger partial charge >= 0.3 is 5.97 Å². The standard InChI is InChI=1S/C29H33NO6S/c1-28(2)17-29(3,33)20(16-30-21-9-6-7-10-22(21)34-4)25(26(28)31)19-13-12-18(15-23(19)35-5)36-27(32)24-11-8-14-37-24/h6-15,26,30-31,33H,16-17H2,1-5H3. The zero-order valence-electron chi connectivity index (χ0n) is 21.7. The second-order valence-corrected chi connectivity index (χ2v) is 11.0. The van der Waals surface area contributed by atoms with Gasteiger partial charge < -0.3 is 29.7 Å². The van der Waals surface area contributed by atoms with Crippen LogP contribution in [0.5, 0.6) is 17.2 Å². The summed E-state index contributed by atoms with van der Waals surface area (Å²) >= 11 is 1.30. The summed E-state index contributed by atoms with van der Waals surface area (Å²) in [5.41, 5.74) is 0.805. The van der Waals surface area contributed by atoms with E-state index in [9.17, 15) is 15.0 Å². The van der Waals surface area contributed by atoms with E-state index in [1.54, 1.807) is 44.4 Å². The Bertz CT molecular complexity index is 1300. The average molecular weight is 524 g/mol. The summed E-state index contributed by atoms with van der Waals surface area (Å²) in [7, 11) is 3.13. The molecule has 1 heterocycles. The number of benzene rings is 2. The van der Waals surface area contributed by atoms with Gasteiger partial charge in [-0.3, -0.25) is 0 Å². The molecule has 0 bridgehead atoms. The van der Waals surface area contributed by atoms with Crippen LogP contribution in [0.25, 0.3) is 5.57 Å². The number of hydrogen-bond donors (Lipinski definition) is 3. The van der Waals surface area contributed by atoms with E-state index in [1.165, 1.54) is 18.4 Å². The molecule has 3 aromatic rings. The van der Waals surface area contributed by atoms with Gasteiger partial charge in [0, 0.05) is 18.2 Å². The minimum absolute atomic E-state index is 0.272. The normalized spacial score (nSPS) is 20.9. The van der Waals surface area contributed by atoms with Gasteiger partial charge in [-0.25, -0.2) is 4.79 Å². The maximum absolute atomic E-state index is 12.5. The maximum Gasteiger partial charge on any atom is 0.353 e. The summed E-state index contributed by atoms with van der Waals surface area (Å²) in [4.78, 5) is 13.0. The molecule has 0 spiro atoms. The Hall–Kier alpha value is -3.33. The van der Waals surface area contributed by atoms with Gasteiger partial charge in [0.05, 0.1) is 31.6 Å². The summed E-state index contributed by atoms with van der Waals surface area (Å²) in [6.45, 7) is 5.90. The van der Waals surface area contributed by atoms with Crippen LogP contribution in [0.2, 0.25) is 0 Å². The predicted octanol–water partition coefficient (Wildman–Crippen LogP) is 5.39. The number of hydrogen-bond acceptors (Lipinski definition) is 8. The fraction of sp³-hybridized carbons (Fsp3) is 0.345. The lowest BCUT2D eigenvalue weighted by Crippen LogP contribution is -2.47. The van der Waals surface area contributed by atoms with Crippen molar-refractivity contribution >= 4 is 28.6 Å². The third-order valence-corrected chi connectivity index (χ3v) is 7.60. The third kappa shape index (κ3) is 5.51. The van der Waals surface area contributed by atoms with Crippen molar-refractivity contribution in [2.45, 2.75) is 38.9 Å². The zero-order valence-corrected chi connectivity index (χ0v) is 22.5. The van der Waals surface area contributed by atoms with Crippen molar-refractivity contribution in [2.75, 3.05) is 26.1 Å². The molecule has 0 radical (unpaired) electrons. The summed E-state index contributed by atoms with van der Waals surface area (Å²) in [5, 5.41) is 28.3. The number of aliphatic hydroxyl groups is 2. The Morgan fingerprint density at radius 3 is 2.46 bits per heavy atom. The number of esters is 1.